The summed E-state index contributed by atoms with van der Waals surface area (Å²) in [6, 6.07) is 15.7. The molecule has 4 rings (SSSR count). The van der Waals surface area contributed by atoms with E-state index < -0.39 is 23.5 Å². The maximum absolute atomic E-state index is 13.8. The summed E-state index contributed by atoms with van der Waals surface area (Å²) in [6.45, 7) is 7.86. The van der Waals surface area contributed by atoms with Crippen molar-refractivity contribution >= 4 is 23.1 Å². The Kier molecular flexibility index (Phi) is 6.97. The standard InChI is InChI=1S/C30H30FNO4/c1-6-19-7-13-22(14-8-19)32-27(20-9-11-21(31)12-10-20)26(29(34)30(32)35)28(33)24-16-23(17(2)3)25(36-5)15-18(24)4/h7-17,27,33H,6H2,1-5H3/b28-26+. The average Bonchev–Trinajstić information content (AvgIpc) is 3.14. The molecule has 0 saturated carbocycles. The number of ketones is 1. The first-order valence-corrected chi connectivity index (χ1v) is 12.0. The Morgan fingerprint density at radius 3 is 2.25 bits per heavy atom. The van der Waals surface area contributed by atoms with Gasteiger partial charge in [-0.15, -0.1) is 0 Å². The van der Waals surface area contributed by atoms with Crippen molar-refractivity contribution in [2.75, 3.05) is 12.0 Å². The van der Waals surface area contributed by atoms with E-state index in [0.29, 0.717) is 28.1 Å². The zero-order valence-electron chi connectivity index (χ0n) is 21.1. The number of anilines is 1. The molecule has 1 heterocycles. The number of aliphatic hydroxyl groups is 1. The highest BCUT2D eigenvalue weighted by atomic mass is 19.1. The monoisotopic (exact) mass is 487 g/mol. The quantitative estimate of drug-likeness (QED) is 0.246. The lowest BCUT2D eigenvalue weighted by molar-refractivity contribution is -0.132. The van der Waals surface area contributed by atoms with Gasteiger partial charge in [0.1, 0.15) is 17.3 Å². The molecule has 6 heteroatoms. The van der Waals surface area contributed by atoms with Crippen molar-refractivity contribution in [3.8, 4) is 5.75 Å². The van der Waals surface area contributed by atoms with Gasteiger partial charge in [0.05, 0.1) is 18.7 Å². The molecule has 1 amide bonds. The predicted octanol–water partition coefficient (Wildman–Crippen LogP) is 6.45. The number of methoxy groups -OCH3 is 1. The zero-order chi connectivity index (χ0) is 26.1. The summed E-state index contributed by atoms with van der Waals surface area (Å²) in [6.07, 6.45) is 0.829. The predicted molar refractivity (Wildman–Crippen MR) is 139 cm³/mol. The van der Waals surface area contributed by atoms with E-state index in [1.165, 1.54) is 29.2 Å². The minimum absolute atomic E-state index is 0.0332. The van der Waals surface area contributed by atoms with Gasteiger partial charge >= 0.3 is 0 Å². The molecule has 0 aliphatic carbocycles. The molecule has 0 radical (unpaired) electrons. The SMILES string of the molecule is CCc1ccc(N2C(=O)C(=O)/C(=C(/O)c3cc(C(C)C)c(OC)cc3C)C2c2ccc(F)cc2)cc1. The molecular weight excluding hydrogens is 457 g/mol. The number of carbonyl (C=O) groups excluding carboxylic acids is 2. The van der Waals surface area contributed by atoms with Gasteiger partial charge in [0.2, 0.25) is 0 Å². The second-order valence-electron chi connectivity index (χ2n) is 9.30. The van der Waals surface area contributed by atoms with Gasteiger partial charge < -0.3 is 9.84 Å². The number of aliphatic hydroxyl groups excluding tert-OH is 1. The molecule has 1 aliphatic rings. The van der Waals surface area contributed by atoms with Crippen LogP contribution in [-0.2, 0) is 16.0 Å². The number of carbonyl (C=O) groups is 2. The van der Waals surface area contributed by atoms with E-state index in [9.17, 15) is 19.1 Å². The fourth-order valence-corrected chi connectivity index (χ4v) is 4.68. The van der Waals surface area contributed by atoms with Gasteiger partial charge in [-0.25, -0.2) is 4.39 Å². The fraction of sp³-hybridized carbons (Fsp3) is 0.267. The first-order valence-electron chi connectivity index (χ1n) is 12.0. The van der Waals surface area contributed by atoms with Gasteiger partial charge in [0, 0.05) is 11.3 Å². The number of amides is 1. The van der Waals surface area contributed by atoms with Crippen LogP contribution < -0.4 is 9.64 Å². The molecule has 1 aliphatic heterocycles. The lowest BCUT2D eigenvalue weighted by atomic mass is 9.91. The van der Waals surface area contributed by atoms with Gasteiger partial charge in [-0.2, -0.15) is 0 Å². The molecule has 3 aromatic rings. The van der Waals surface area contributed by atoms with Crippen LogP contribution in [0.5, 0.6) is 5.75 Å². The highest BCUT2D eigenvalue weighted by molar-refractivity contribution is 6.51. The zero-order valence-corrected chi connectivity index (χ0v) is 21.1. The summed E-state index contributed by atoms with van der Waals surface area (Å²) < 4.78 is 19.3. The van der Waals surface area contributed by atoms with E-state index in [2.05, 4.69) is 0 Å². The van der Waals surface area contributed by atoms with Crippen LogP contribution in [0.4, 0.5) is 10.1 Å². The minimum Gasteiger partial charge on any atom is -0.507 e. The molecular formula is C30H30FNO4. The number of halogens is 1. The largest absolute Gasteiger partial charge is 0.507 e. The van der Waals surface area contributed by atoms with Crippen LogP contribution in [0.15, 0.2) is 66.2 Å². The Labute approximate surface area is 210 Å². The summed E-state index contributed by atoms with van der Waals surface area (Å²) in [7, 11) is 1.59. The molecule has 0 aromatic heterocycles. The van der Waals surface area contributed by atoms with Crippen molar-refractivity contribution in [1.82, 2.24) is 0 Å². The Bertz CT molecular complexity index is 1340. The Morgan fingerprint density at radius 1 is 1.06 bits per heavy atom. The van der Waals surface area contributed by atoms with E-state index in [-0.39, 0.29) is 17.3 Å². The van der Waals surface area contributed by atoms with E-state index >= 15 is 0 Å². The highest BCUT2D eigenvalue weighted by Gasteiger charge is 2.47. The van der Waals surface area contributed by atoms with Crippen LogP contribution in [0.25, 0.3) is 5.76 Å². The molecule has 3 aromatic carbocycles. The number of Topliss-reactive ketones (excluding diaryl/α,β-unsaturated/α-hetero) is 1. The Hall–Kier alpha value is -3.93. The van der Waals surface area contributed by atoms with Crippen LogP contribution in [0.3, 0.4) is 0 Å². The molecule has 1 atom stereocenters. The number of nitrogens with zero attached hydrogens (tertiary/aromatic N) is 1. The van der Waals surface area contributed by atoms with Crippen LogP contribution in [0, 0.1) is 12.7 Å². The third kappa shape index (κ3) is 4.39. The van der Waals surface area contributed by atoms with Crippen molar-refractivity contribution in [3.05, 3.63) is 99.9 Å². The van der Waals surface area contributed by atoms with Crippen molar-refractivity contribution in [2.45, 2.75) is 46.1 Å². The second-order valence-corrected chi connectivity index (χ2v) is 9.30. The Balaban J connectivity index is 1.96. The normalized spacial score (nSPS) is 17.2. The lowest BCUT2D eigenvalue weighted by Gasteiger charge is -2.26. The smallest absolute Gasteiger partial charge is 0.300 e. The van der Waals surface area contributed by atoms with E-state index in [1.807, 2.05) is 45.9 Å². The molecule has 1 fully saturated rings. The van der Waals surface area contributed by atoms with Gasteiger partial charge in [-0.1, -0.05) is 45.0 Å². The van der Waals surface area contributed by atoms with Crippen molar-refractivity contribution in [3.63, 3.8) is 0 Å². The number of rotatable bonds is 6. The fourth-order valence-electron chi connectivity index (χ4n) is 4.68. The molecule has 0 spiro atoms. The summed E-state index contributed by atoms with van der Waals surface area (Å²) in [5, 5.41) is 11.6. The molecule has 0 bridgehead atoms. The van der Waals surface area contributed by atoms with E-state index in [4.69, 9.17) is 4.74 Å². The van der Waals surface area contributed by atoms with Gasteiger partial charge in [0.25, 0.3) is 11.7 Å². The first kappa shape index (κ1) is 25.2. The number of benzene rings is 3. The maximum Gasteiger partial charge on any atom is 0.300 e. The highest BCUT2D eigenvalue weighted by Crippen LogP contribution is 2.43. The molecule has 186 valence electrons. The van der Waals surface area contributed by atoms with Gasteiger partial charge in [-0.3, -0.25) is 14.5 Å². The molecule has 1 saturated heterocycles. The van der Waals surface area contributed by atoms with Crippen molar-refractivity contribution in [1.29, 1.82) is 0 Å². The molecule has 36 heavy (non-hydrogen) atoms. The van der Waals surface area contributed by atoms with Crippen molar-refractivity contribution < 1.29 is 23.8 Å². The third-order valence-corrected chi connectivity index (χ3v) is 6.71. The number of hydrogen-bond acceptors (Lipinski definition) is 4. The number of ether oxygens (including phenoxy) is 1. The van der Waals surface area contributed by atoms with Crippen LogP contribution in [0.1, 0.15) is 60.5 Å². The van der Waals surface area contributed by atoms with Crippen LogP contribution >= 0.6 is 0 Å². The average molecular weight is 488 g/mol. The maximum atomic E-state index is 13.8. The van der Waals surface area contributed by atoms with E-state index in [0.717, 1.165) is 17.5 Å². The lowest BCUT2D eigenvalue weighted by Crippen LogP contribution is -2.29. The summed E-state index contributed by atoms with van der Waals surface area (Å²) in [5.41, 5.74) is 4.12. The second kappa shape index (κ2) is 9.97. The molecule has 5 nitrogen and oxygen atoms in total. The number of aryl methyl sites for hydroxylation is 2. The Morgan fingerprint density at radius 2 is 1.69 bits per heavy atom. The summed E-state index contributed by atoms with van der Waals surface area (Å²) >= 11 is 0. The molecule has 1 unspecified atom stereocenters. The van der Waals surface area contributed by atoms with E-state index in [1.54, 1.807) is 25.3 Å². The summed E-state index contributed by atoms with van der Waals surface area (Å²) in [5.74, 6) is -1.45. The van der Waals surface area contributed by atoms with Gasteiger partial charge in [-0.05, 0) is 77.9 Å². The van der Waals surface area contributed by atoms with Crippen LogP contribution in [0.2, 0.25) is 0 Å². The van der Waals surface area contributed by atoms with Crippen molar-refractivity contribution in [2.24, 2.45) is 0 Å². The summed E-state index contributed by atoms with van der Waals surface area (Å²) in [4.78, 5) is 28.2. The van der Waals surface area contributed by atoms with Crippen LogP contribution in [-0.4, -0.2) is 23.9 Å². The van der Waals surface area contributed by atoms with Gasteiger partial charge in [0.15, 0.2) is 0 Å². The third-order valence-electron chi connectivity index (χ3n) is 6.71. The topological polar surface area (TPSA) is 66.8 Å². The molecule has 1 N–H and O–H groups in total. The first-order chi connectivity index (χ1) is 17.2. The minimum atomic E-state index is -0.915. The number of hydrogen-bond donors (Lipinski definition) is 1.